The first-order chi connectivity index (χ1) is 48.8. The average molecular weight is 1330 g/mol. The van der Waals surface area contributed by atoms with E-state index in [0.717, 1.165) is 58.8 Å². The highest BCUT2D eigenvalue weighted by atomic mass is 14.9. The van der Waals surface area contributed by atoms with Crippen LogP contribution in [0.3, 0.4) is 0 Å². The highest BCUT2D eigenvalue weighted by molar-refractivity contribution is 5.65. The van der Waals surface area contributed by atoms with Gasteiger partial charge in [0.2, 0.25) is 28.5 Å². The molecule has 10 aromatic rings. The number of benzene rings is 5. The second kappa shape index (κ2) is 34.3. The van der Waals surface area contributed by atoms with Gasteiger partial charge in [0.05, 0.1) is 0 Å². The third-order valence-corrected chi connectivity index (χ3v) is 19.7. The zero-order valence-corrected chi connectivity index (χ0v) is 65.1. The summed E-state index contributed by atoms with van der Waals surface area (Å²) in [6, 6.07) is 53.5. The molecule has 0 saturated heterocycles. The minimum Gasteiger partial charge on any atom is -0.201 e. The monoisotopic (exact) mass is 1330 g/mol. The van der Waals surface area contributed by atoms with Crippen molar-refractivity contribution in [1.29, 1.82) is 0 Å². The molecule has 2 saturated carbocycles. The molecule has 5 nitrogen and oxygen atoms in total. The van der Waals surface area contributed by atoms with Gasteiger partial charge in [0.1, 0.15) is 35.2 Å². The fourth-order valence-corrected chi connectivity index (χ4v) is 14.3. The Morgan fingerprint density at radius 2 is 0.636 bits per heavy atom. The Kier molecular flexibility index (Phi) is 24.0. The van der Waals surface area contributed by atoms with Crippen molar-refractivity contribution in [1.82, 2.24) is 0 Å². The van der Waals surface area contributed by atoms with Crippen LogP contribution < -0.4 is 22.8 Å². The second-order valence-electron chi connectivity index (χ2n) is 31.3. The van der Waals surface area contributed by atoms with Crippen molar-refractivity contribution in [3.63, 3.8) is 0 Å². The first kappa shape index (κ1) is 69.3. The fraction of sp³-hybridized carbons (Fsp3) is 0.415. The van der Waals surface area contributed by atoms with E-state index < -0.39 is 18.2 Å². The standard InChI is InChI=1S/2C19H24N.2C19H26N.C18H24N/c2*1-14-8-4-7-11-17(14)19-12-15(2)18(13-20(19)3)16-9-5-6-10-16;2*1-14-9-7-8-10-17(14)18-11-15(2)16(13-20(18)6)12-19(3,4)5;1-13(2)10-16-12-19(5)18(11-15(16)4)17-9-7-6-8-14(17)3/h2*4,7-8,11-13,16H,5-6,9-10H2,1-3H3;2*7-11,13H,12H2,1-6H3;6-9,11-13H,10H2,1-5H3/q5*+1/i16D;;12D2;;10D2. The van der Waals surface area contributed by atoms with Gasteiger partial charge in [0.15, 0.2) is 31.0 Å². The Morgan fingerprint density at radius 3 is 0.980 bits per heavy atom. The highest BCUT2D eigenvalue weighted by Crippen LogP contribution is 2.38. The first-order valence-electron chi connectivity index (χ1n) is 39.1. The van der Waals surface area contributed by atoms with Crippen LogP contribution in [0.25, 0.3) is 56.3 Å². The molecular weight excluding hydrogens is 1200 g/mol. The summed E-state index contributed by atoms with van der Waals surface area (Å²) in [6.07, 6.45) is 19.1. The normalized spacial score (nSPS) is 14.6. The van der Waals surface area contributed by atoms with Crippen LogP contribution in [0.15, 0.2) is 183 Å². The van der Waals surface area contributed by atoms with Crippen LogP contribution in [0.5, 0.6) is 0 Å². The molecule has 5 heterocycles. The van der Waals surface area contributed by atoms with Gasteiger partial charge >= 0.3 is 0 Å². The first-order valence-corrected chi connectivity index (χ1v) is 36.6. The van der Waals surface area contributed by atoms with Gasteiger partial charge in [-0.1, -0.05) is 172 Å². The van der Waals surface area contributed by atoms with Gasteiger partial charge in [-0.15, -0.1) is 0 Å². The van der Waals surface area contributed by atoms with Crippen molar-refractivity contribution < 1.29 is 29.7 Å². The Bertz CT molecular complexity index is 4530. The maximum atomic E-state index is 8.76. The van der Waals surface area contributed by atoms with Crippen molar-refractivity contribution in [2.75, 3.05) is 0 Å². The van der Waals surface area contributed by atoms with Crippen LogP contribution in [-0.4, -0.2) is 0 Å². The van der Waals surface area contributed by atoms with Crippen molar-refractivity contribution >= 4 is 0 Å². The zero-order chi connectivity index (χ0) is 76.6. The minimum atomic E-state index is -1.38. The van der Waals surface area contributed by atoms with E-state index in [1.807, 2.05) is 108 Å². The molecule has 0 aliphatic heterocycles. The van der Waals surface area contributed by atoms with Gasteiger partial charge < -0.3 is 0 Å². The van der Waals surface area contributed by atoms with E-state index in [1.54, 1.807) is 5.56 Å². The molecule has 12 rings (SSSR count). The predicted molar refractivity (Wildman–Crippen MR) is 420 cm³/mol. The topological polar surface area (TPSA) is 19.4 Å². The quantitative estimate of drug-likeness (QED) is 0.115. The maximum Gasteiger partial charge on any atom is 0.212 e. The smallest absolute Gasteiger partial charge is 0.201 e. The van der Waals surface area contributed by atoms with E-state index in [0.29, 0.717) is 5.41 Å². The van der Waals surface area contributed by atoms with E-state index in [1.165, 1.54) is 139 Å². The average Bonchev–Trinajstić information content (AvgIpc) is 1.07. The van der Waals surface area contributed by atoms with Crippen molar-refractivity contribution in [3.05, 3.63) is 266 Å². The summed E-state index contributed by atoms with van der Waals surface area (Å²) in [5.41, 5.74) is 30.5. The molecule has 0 atom stereocenters. The lowest BCUT2D eigenvalue weighted by molar-refractivity contribution is -0.661. The number of hydrogen-bond donors (Lipinski definition) is 0. The van der Waals surface area contributed by atoms with Gasteiger partial charge in [-0.25, -0.2) is 22.8 Å². The lowest BCUT2D eigenvalue weighted by Crippen LogP contribution is -2.32. The fourth-order valence-electron chi connectivity index (χ4n) is 14.3. The molecule has 0 unspecified atom stereocenters. The lowest BCUT2D eigenvalue weighted by Gasteiger charge is -2.19. The molecule has 2 fully saturated rings. The zero-order valence-electron chi connectivity index (χ0n) is 70.1. The number of pyridine rings is 5. The van der Waals surface area contributed by atoms with Crippen LogP contribution in [-0.2, 0) is 54.4 Å². The van der Waals surface area contributed by atoms with E-state index in [2.05, 4.69) is 257 Å². The summed E-state index contributed by atoms with van der Waals surface area (Å²) in [7, 11) is 10.4. The predicted octanol–water partition coefficient (Wildman–Crippen LogP) is 21.7. The van der Waals surface area contributed by atoms with Crippen LogP contribution in [0.1, 0.15) is 209 Å². The third-order valence-electron chi connectivity index (χ3n) is 19.7. The van der Waals surface area contributed by atoms with Crippen molar-refractivity contribution in [3.8, 4) is 56.3 Å². The van der Waals surface area contributed by atoms with Crippen molar-refractivity contribution in [2.24, 2.45) is 52.0 Å². The Morgan fingerprint density at radius 1 is 0.354 bits per heavy atom. The largest absolute Gasteiger partial charge is 0.212 e. The maximum absolute atomic E-state index is 8.76. The highest BCUT2D eigenvalue weighted by Gasteiger charge is 2.27. The molecule has 5 heteroatoms. The summed E-state index contributed by atoms with van der Waals surface area (Å²) < 4.78 is 53.3. The van der Waals surface area contributed by atoms with Gasteiger partial charge in [-0.05, 0) is 229 Å². The molecule has 0 spiro atoms. The molecule has 520 valence electrons. The lowest BCUT2D eigenvalue weighted by atomic mass is 9.87. The van der Waals surface area contributed by atoms with E-state index in [9.17, 15) is 0 Å². The molecule has 2 aliphatic rings. The Balaban J connectivity index is 0.000000165. The molecule has 0 N–H and O–H groups in total. The van der Waals surface area contributed by atoms with Gasteiger partial charge in [0, 0.05) is 92.8 Å². The van der Waals surface area contributed by atoms with E-state index in [-0.39, 0.29) is 11.8 Å². The molecular formula is C94H124N5+5. The molecule has 0 bridgehead atoms. The van der Waals surface area contributed by atoms with Gasteiger partial charge in [-0.2, -0.15) is 0 Å². The van der Waals surface area contributed by atoms with E-state index >= 15 is 0 Å². The molecule has 5 aromatic heterocycles. The number of aryl methyl sites for hydroxylation is 15. The Labute approximate surface area is 607 Å². The van der Waals surface area contributed by atoms with Crippen molar-refractivity contribution in [2.45, 2.75) is 207 Å². The summed E-state index contributed by atoms with van der Waals surface area (Å²) in [5.74, 6) is 0.360. The van der Waals surface area contributed by atoms with E-state index in [4.69, 9.17) is 6.85 Å². The summed E-state index contributed by atoms with van der Waals surface area (Å²) in [5, 5.41) is 0. The van der Waals surface area contributed by atoms with Gasteiger partial charge in [-0.3, -0.25) is 0 Å². The Hall–Kier alpha value is -8.15. The number of nitrogens with zero attached hydrogens (tertiary/aromatic N) is 5. The SMILES string of the molecule is Cc1cc(-c2ccccc2C)[n+](C)cc1CC(C)(C)C.Cc1ccccc1-c1cc(C)c(C2CCCC2)c[n+]1C.[2H]C([2H])(c1c[n+](C)c(-c2ccccc2C)cc1C)C(C)(C)C.[2H]C([2H])(c1c[n+](C)c(-c2ccccc2C)cc1C)C(C)C.[2H]C1(c2c[n+](C)c(-c3ccccc3C)cc2C)CCCC1. The molecule has 2 aliphatic carbocycles. The third kappa shape index (κ3) is 20.7. The van der Waals surface area contributed by atoms with Crippen LogP contribution >= 0.6 is 0 Å². The second-order valence-corrected chi connectivity index (χ2v) is 31.3. The number of hydrogen-bond acceptors (Lipinski definition) is 0. The number of rotatable bonds is 11. The summed E-state index contributed by atoms with van der Waals surface area (Å²) in [4.78, 5) is 0. The molecule has 0 radical (unpaired) electrons. The minimum absolute atomic E-state index is 0.0551. The summed E-state index contributed by atoms with van der Waals surface area (Å²) >= 11 is 0. The molecule has 99 heavy (non-hydrogen) atoms. The summed E-state index contributed by atoms with van der Waals surface area (Å²) in [6.45, 7) is 37.9. The molecule has 5 aromatic carbocycles. The molecule has 0 amide bonds. The number of aromatic nitrogens is 5. The van der Waals surface area contributed by atoms with Gasteiger partial charge in [0.25, 0.3) is 0 Å². The van der Waals surface area contributed by atoms with Crippen LogP contribution in [0.4, 0.5) is 0 Å². The van der Waals surface area contributed by atoms with Crippen LogP contribution in [0, 0.1) is 86.0 Å². The van der Waals surface area contributed by atoms with Crippen LogP contribution in [0.2, 0.25) is 0 Å².